The minimum absolute atomic E-state index is 0.398. The average molecular weight is 412 g/mol. The fraction of sp³-hybridized carbons (Fsp3) is 0.0588. The number of hydrogen-bond acceptors (Lipinski definition) is 2. The van der Waals surface area contributed by atoms with E-state index in [2.05, 4.69) is 15.7 Å². The van der Waals surface area contributed by atoms with E-state index in [0.29, 0.717) is 32.4 Å². The standard InChI is InChI=1S/C17H13Cl3N4S/c18-12-3-1-11(2-4-12)9-24-10-14(8-21-24)22-17(25)23-16-7-13(19)5-6-15(16)20/h1-8,10H,9H2,(H2,22,23,25). The van der Waals surface area contributed by atoms with Gasteiger partial charge in [0.2, 0.25) is 0 Å². The molecule has 8 heteroatoms. The Morgan fingerprint density at radius 3 is 2.48 bits per heavy atom. The minimum atomic E-state index is 0.398. The number of anilines is 2. The fourth-order valence-electron chi connectivity index (χ4n) is 2.17. The summed E-state index contributed by atoms with van der Waals surface area (Å²) in [6.07, 6.45) is 3.56. The number of hydrogen-bond donors (Lipinski definition) is 2. The van der Waals surface area contributed by atoms with E-state index in [9.17, 15) is 0 Å². The maximum atomic E-state index is 6.11. The van der Waals surface area contributed by atoms with Crippen molar-refractivity contribution in [2.45, 2.75) is 6.54 Å². The van der Waals surface area contributed by atoms with Gasteiger partial charge >= 0.3 is 0 Å². The Morgan fingerprint density at radius 1 is 1.00 bits per heavy atom. The maximum Gasteiger partial charge on any atom is 0.175 e. The van der Waals surface area contributed by atoms with E-state index < -0.39 is 0 Å². The summed E-state index contributed by atoms with van der Waals surface area (Å²) in [7, 11) is 0. The molecular formula is C17H13Cl3N4S. The van der Waals surface area contributed by atoms with Gasteiger partial charge in [-0.3, -0.25) is 4.68 Å². The van der Waals surface area contributed by atoms with Gasteiger partial charge in [0.1, 0.15) is 0 Å². The highest BCUT2D eigenvalue weighted by Gasteiger charge is 2.06. The Hall–Kier alpha value is -1.79. The lowest BCUT2D eigenvalue weighted by molar-refractivity contribution is 0.687. The molecule has 0 unspecified atom stereocenters. The van der Waals surface area contributed by atoms with Gasteiger partial charge in [-0.05, 0) is 48.1 Å². The molecule has 0 spiro atoms. The van der Waals surface area contributed by atoms with Crippen LogP contribution in [0.4, 0.5) is 11.4 Å². The third kappa shape index (κ3) is 5.09. The zero-order valence-corrected chi connectivity index (χ0v) is 15.9. The Morgan fingerprint density at radius 2 is 1.72 bits per heavy atom. The van der Waals surface area contributed by atoms with Gasteiger partial charge < -0.3 is 10.6 Å². The first kappa shape index (κ1) is 18.0. The van der Waals surface area contributed by atoms with Gasteiger partial charge in [-0.1, -0.05) is 46.9 Å². The van der Waals surface area contributed by atoms with Gasteiger partial charge in [0.25, 0.3) is 0 Å². The van der Waals surface area contributed by atoms with Crippen LogP contribution in [0.1, 0.15) is 5.56 Å². The average Bonchev–Trinajstić information content (AvgIpc) is 3.00. The molecule has 2 aromatic carbocycles. The molecule has 0 aliphatic carbocycles. The quantitative estimate of drug-likeness (QED) is 0.540. The van der Waals surface area contributed by atoms with Crippen LogP contribution < -0.4 is 10.6 Å². The molecule has 2 N–H and O–H groups in total. The lowest BCUT2D eigenvalue weighted by atomic mass is 10.2. The molecule has 128 valence electrons. The summed E-state index contributed by atoms with van der Waals surface area (Å²) < 4.78 is 1.81. The van der Waals surface area contributed by atoms with Crippen LogP contribution in [0.2, 0.25) is 15.1 Å². The van der Waals surface area contributed by atoms with Gasteiger partial charge in [-0.25, -0.2) is 0 Å². The monoisotopic (exact) mass is 410 g/mol. The van der Waals surface area contributed by atoms with Crippen molar-refractivity contribution in [2.24, 2.45) is 0 Å². The number of aromatic nitrogens is 2. The largest absolute Gasteiger partial charge is 0.331 e. The van der Waals surface area contributed by atoms with Gasteiger partial charge in [0.15, 0.2) is 5.11 Å². The van der Waals surface area contributed by atoms with Crippen LogP contribution in [0, 0.1) is 0 Å². The smallest absolute Gasteiger partial charge is 0.175 e. The first-order valence-electron chi connectivity index (χ1n) is 7.29. The van der Waals surface area contributed by atoms with E-state index >= 15 is 0 Å². The molecule has 3 aromatic rings. The molecule has 0 amide bonds. The Kier molecular flexibility index (Phi) is 5.81. The summed E-state index contributed by atoms with van der Waals surface area (Å²) in [6.45, 7) is 0.638. The van der Waals surface area contributed by atoms with E-state index in [1.54, 1.807) is 29.1 Å². The van der Waals surface area contributed by atoms with E-state index in [1.165, 1.54) is 0 Å². The van der Waals surface area contributed by atoms with E-state index in [-0.39, 0.29) is 0 Å². The highest BCUT2D eigenvalue weighted by Crippen LogP contribution is 2.25. The predicted octanol–water partition coefficient (Wildman–Crippen LogP) is 5.70. The molecule has 0 aliphatic rings. The Balaban J connectivity index is 1.61. The topological polar surface area (TPSA) is 41.9 Å². The number of thiocarbonyl (C=S) groups is 1. The van der Waals surface area contributed by atoms with Gasteiger partial charge in [-0.15, -0.1) is 0 Å². The lowest BCUT2D eigenvalue weighted by Gasteiger charge is -2.10. The van der Waals surface area contributed by atoms with Crippen LogP contribution in [-0.2, 0) is 6.54 Å². The van der Waals surface area contributed by atoms with Crippen molar-refractivity contribution in [3.05, 3.63) is 75.5 Å². The third-order valence-corrected chi connectivity index (χ3v) is 4.35. The highest BCUT2D eigenvalue weighted by molar-refractivity contribution is 7.80. The molecule has 1 heterocycles. The SMILES string of the molecule is S=C(Nc1cnn(Cc2ccc(Cl)cc2)c1)Nc1cc(Cl)ccc1Cl. The summed E-state index contributed by atoms with van der Waals surface area (Å²) in [5, 5.41) is 12.6. The fourth-order valence-corrected chi connectivity index (χ4v) is 2.86. The van der Waals surface area contributed by atoms with Crippen LogP contribution in [0.3, 0.4) is 0 Å². The molecule has 4 nitrogen and oxygen atoms in total. The molecule has 3 rings (SSSR count). The van der Waals surface area contributed by atoms with E-state index in [0.717, 1.165) is 11.3 Å². The molecular weight excluding hydrogens is 399 g/mol. The highest BCUT2D eigenvalue weighted by atomic mass is 35.5. The predicted molar refractivity (Wildman–Crippen MR) is 109 cm³/mol. The first-order chi connectivity index (χ1) is 12.0. The van der Waals surface area contributed by atoms with Crippen molar-refractivity contribution in [3.63, 3.8) is 0 Å². The molecule has 0 aliphatic heterocycles. The molecule has 25 heavy (non-hydrogen) atoms. The number of nitrogens with one attached hydrogen (secondary N) is 2. The van der Waals surface area contributed by atoms with Crippen molar-refractivity contribution in [2.75, 3.05) is 10.6 Å². The van der Waals surface area contributed by atoms with Crippen LogP contribution >= 0.6 is 47.0 Å². The number of rotatable bonds is 4. The maximum absolute atomic E-state index is 6.11. The van der Waals surface area contributed by atoms with Gasteiger partial charge in [0, 0.05) is 16.2 Å². The number of benzene rings is 2. The summed E-state index contributed by atoms with van der Waals surface area (Å²) in [5.41, 5.74) is 2.51. The molecule has 0 atom stereocenters. The second-order valence-electron chi connectivity index (χ2n) is 5.26. The Bertz CT molecular complexity index is 893. The molecule has 0 fully saturated rings. The first-order valence-corrected chi connectivity index (χ1v) is 8.84. The normalized spacial score (nSPS) is 10.5. The zero-order valence-electron chi connectivity index (χ0n) is 12.8. The second-order valence-corrected chi connectivity index (χ2v) is 6.94. The molecule has 0 bridgehead atoms. The minimum Gasteiger partial charge on any atom is -0.331 e. The number of halogens is 3. The van der Waals surface area contributed by atoms with Crippen LogP contribution in [0.5, 0.6) is 0 Å². The van der Waals surface area contributed by atoms with Gasteiger partial charge in [0.05, 0.1) is 29.1 Å². The van der Waals surface area contributed by atoms with Crippen molar-refractivity contribution < 1.29 is 0 Å². The third-order valence-electron chi connectivity index (χ3n) is 3.33. The number of nitrogens with zero attached hydrogens (tertiary/aromatic N) is 2. The zero-order chi connectivity index (χ0) is 17.8. The molecule has 0 radical (unpaired) electrons. The summed E-state index contributed by atoms with van der Waals surface area (Å²) >= 11 is 23.3. The van der Waals surface area contributed by atoms with Crippen molar-refractivity contribution >= 4 is 63.5 Å². The van der Waals surface area contributed by atoms with Crippen LogP contribution in [-0.4, -0.2) is 14.9 Å². The molecule has 0 saturated carbocycles. The van der Waals surface area contributed by atoms with E-state index in [1.807, 2.05) is 30.5 Å². The summed E-state index contributed by atoms with van der Waals surface area (Å²) in [6, 6.07) is 12.8. The van der Waals surface area contributed by atoms with Crippen molar-refractivity contribution in [3.8, 4) is 0 Å². The van der Waals surface area contributed by atoms with Crippen LogP contribution in [0.25, 0.3) is 0 Å². The van der Waals surface area contributed by atoms with Crippen molar-refractivity contribution in [1.82, 2.24) is 9.78 Å². The lowest BCUT2D eigenvalue weighted by Crippen LogP contribution is -2.19. The molecule has 0 saturated heterocycles. The summed E-state index contributed by atoms with van der Waals surface area (Å²) in [4.78, 5) is 0. The van der Waals surface area contributed by atoms with Crippen LogP contribution in [0.15, 0.2) is 54.9 Å². The second kappa shape index (κ2) is 8.06. The Labute approximate surface area is 165 Å². The molecule has 1 aromatic heterocycles. The van der Waals surface area contributed by atoms with Gasteiger partial charge in [-0.2, -0.15) is 5.10 Å². The summed E-state index contributed by atoms with van der Waals surface area (Å²) in [5.74, 6) is 0. The van der Waals surface area contributed by atoms with Crippen molar-refractivity contribution in [1.29, 1.82) is 0 Å². The van der Waals surface area contributed by atoms with E-state index in [4.69, 9.17) is 47.0 Å².